The van der Waals surface area contributed by atoms with Gasteiger partial charge in [0.05, 0.1) is 10.6 Å². The number of rotatable bonds is 7. The van der Waals surface area contributed by atoms with Crippen LogP contribution in [0.15, 0.2) is 30.6 Å². The Morgan fingerprint density at radius 3 is 2.88 bits per heavy atom. The number of carbonyl (C=O) groups excluding carboxylic acids is 1. The lowest BCUT2D eigenvalue weighted by molar-refractivity contribution is -0.385. The van der Waals surface area contributed by atoms with Crippen molar-refractivity contribution in [3.8, 4) is 5.75 Å². The third-order valence-electron chi connectivity index (χ3n) is 3.11. The van der Waals surface area contributed by atoms with Crippen LogP contribution in [-0.2, 0) is 11.3 Å². The molecule has 1 N–H and O–H groups in total. The predicted octanol–water partition coefficient (Wildman–Crippen LogP) is 2.73. The number of hydrogen-bond acceptors (Lipinski definition) is 5. The van der Waals surface area contributed by atoms with Gasteiger partial charge in [0.25, 0.3) is 0 Å². The number of nitrogens with one attached hydrogen (secondary N) is 1. The molecule has 0 atom stereocenters. The van der Waals surface area contributed by atoms with Crippen LogP contribution in [-0.4, -0.2) is 27.2 Å². The molecule has 2 rings (SSSR count). The molecule has 0 unspecified atom stereocenters. The summed E-state index contributed by atoms with van der Waals surface area (Å²) in [6.07, 6.45) is 2.24. The topological polar surface area (TPSA) is 99.3 Å². The second-order valence-corrected chi connectivity index (χ2v) is 4.84. The average Bonchev–Trinajstić information content (AvgIpc) is 2.97. The predicted molar refractivity (Wildman–Crippen MR) is 79.9 cm³/mol. The van der Waals surface area contributed by atoms with Gasteiger partial charge in [0.2, 0.25) is 5.91 Å². The SMILES string of the molecule is Cc1cccc(OC(F)F)c1NC(=O)CCn1cc([N+](=O)[O-])cn1. The Bertz CT molecular complexity index is 748. The van der Waals surface area contributed by atoms with Crippen LogP contribution in [0, 0.1) is 17.0 Å². The smallest absolute Gasteiger partial charge is 0.387 e. The van der Waals surface area contributed by atoms with Crippen LogP contribution in [0.3, 0.4) is 0 Å². The summed E-state index contributed by atoms with van der Waals surface area (Å²) in [6.45, 7) is -1.26. The second kappa shape index (κ2) is 7.49. The van der Waals surface area contributed by atoms with E-state index in [9.17, 15) is 23.7 Å². The number of alkyl halides is 2. The first-order valence-corrected chi connectivity index (χ1v) is 6.88. The quantitative estimate of drug-likeness (QED) is 0.617. The van der Waals surface area contributed by atoms with Crippen molar-refractivity contribution < 1.29 is 23.2 Å². The van der Waals surface area contributed by atoms with Crippen molar-refractivity contribution in [3.63, 3.8) is 0 Å². The first kappa shape index (κ1) is 17.3. The summed E-state index contributed by atoms with van der Waals surface area (Å²) in [5, 5.41) is 16.8. The fourth-order valence-electron chi connectivity index (χ4n) is 1.98. The van der Waals surface area contributed by atoms with Gasteiger partial charge >= 0.3 is 12.3 Å². The highest BCUT2D eigenvalue weighted by atomic mass is 19.3. The van der Waals surface area contributed by atoms with Gasteiger partial charge in [-0.2, -0.15) is 13.9 Å². The number of anilines is 1. The lowest BCUT2D eigenvalue weighted by Gasteiger charge is -2.14. The summed E-state index contributed by atoms with van der Waals surface area (Å²) >= 11 is 0. The molecule has 1 aromatic heterocycles. The van der Waals surface area contributed by atoms with Crippen LogP contribution in [0.25, 0.3) is 0 Å². The van der Waals surface area contributed by atoms with Crippen molar-refractivity contribution in [2.45, 2.75) is 26.5 Å². The highest BCUT2D eigenvalue weighted by molar-refractivity contribution is 5.93. The maximum absolute atomic E-state index is 12.4. The molecule has 10 heteroatoms. The van der Waals surface area contributed by atoms with Crippen molar-refractivity contribution in [3.05, 3.63) is 46.3 Å². The fraction of sp³-hybridized carbons (Fsp3) is 0.286. The van der Waals surface area contributed by atoms with Gasteiger partial charge < -0.3 is 10.1 Å². The van der Waals surface area contributed by atoms with E-state index >= 15 is 0 Å². The van der Waals surface area contributed by atoms with E-state index in [2.05, 4.69) is 15.2 Å². The molecule has 0 spiro atoms. The van der Waals surface area contributed by atoms with E-state index in [1.54, 1.807) is 13.0 Å². The van der Waals surface area contributed by atoms with E-state index in [1.807, 2.05) is 0 Å². The number of carbonyl (C=O) groups is 1. The van der Waals surface area contributed by atoms with Crippen molar-refractivity contribution in [1.29, 1.82) is 0 Å². The van der Waals surface area contributed by atoms with Crippen LogP contribution in [0.1, 0.15) is 12.0 Å². The minimum Gasteiger partial charge on any atom is -0.433 e. The molecule has 2 aromatic rings. The maximum atomic E-state index is 12.4. The van der Waals surface area contributed by atoms with Crippen LogP contribution >= 0.6 is 0 Å². The minimum absolute atomic E-state index is 0.0404. The molecule has 1 heterocycles. The molecule has 0 radical (unpaired) electrons. The molecule has 1 amide bonds. The largest absolute Gasteiger partial charge is 0.433 e. The van der Waals surface area contributed by atoms with E-state index in [0.717, 1.165) is 6.20 Å². The Labute approximate surface area is 135 Å². The molecule has 0 fully saturated rings. The number of nitrogens with zero attached hydrogens (tertiary/aromatic N) is 3. The van der Waals surface area contributed by atoms with E-state index < -0.39 is 17.4 Å². The Morgan fingerprint density at radius 1 is 1.50 bits per heavy atom. The van der Waals surface area contributed by atoms with Crippen molar-refractivity contribution in [2.24, 2.45) is 0 Å². The molecule has 0 saturated carbocycles. The highest BCUT2D eigenvalue weighted by Gasteiger charge is 2.15. The summed E-state index contributed by atoms with van der Waals surface area (Å²) in [5.74, 6) is -0.588. The van der Waals surface area contributed by atoms with E-state index in [1.165, 1.54) is 23.0 Å². The minimum atomic E-state index is -3.01. The summed E-state index contributed by atoms with van der Waals surface area (Å²) in [7, 11) is 0. The van der Waals surface area contributed by atoms with Crippen molar-refractivity contribution in [2.75, 3.05) is 5.32 Å². The molecule has 0 aliphatic heterocycles. The third-order valence-corrected chi connectivity index (χ3v) is 3.11. The fourth-order valence-corrected chi connectivity index (χ4v) is 1.98. The molecule has 0 saturated heterocycles. The Morgan fingerprint density at radius 2 is 2.25 bits per heavy atom. The number of halogens is 2. The number of benzene rings is 1. The molecule has 1 aromatic carbocycles. The van der Waals surface area contributed by atoms with Gasteiger partial charge in [-0.3, -0.25) is 19.6 Å². The zero-order valence-electron chi connectivity index (χ0n) is 12.6. The van der Waals surface area contributed by atoms with Crippen molar-refractivity contribution >= 4 is 17.3 Å². The van der Waals surface area contributed by atoms with Crippen molar-refractivity contribution in [1.82, 2.24) is 9.78 Å². The second-order valence-electron chi connectivity index (χ2n) is 4.84. The van der Waals surface area contributed by atoms with Crippen LogP contribution in [0.4, 0.5) is 20.2 Å². The lowest BCUT2D eigenvalue weighted by atomic mass is 10.2. The molecule has 128 valence electrons. The van der Waals surface area contributed by atoms with E-state index in [0.29, 0.717) is 5.56 Å². The first-order chi connectivity index (χ1) is 11.4. The molecule has 0 aliphatic rings. The van der Waals surface area contributed by atoms with Gasteiger partial charge in [-0.15, -0.1) is 0 Å². The number of aromatic nitrogens is 2. The number of hydrogen-bond donors (Lipinski definition) is 1. The van der Waals surface area contributed by atoms with Gasteiger partial charge in [0.1, 0.15) is 18.1 Å². The zero-order valence-corrected chi connectivity index (χ0v) is 12.6. The molecular formula is C14H14F2N4O4. The molecular weight excluding hydrogens is 326 g/mol. The zero-order chi connectivity index (χ0) is 17.7. The number of ether oxygens (including phenoxy) is 1. The summed E-state index contributed by atoms with van der Waals surface area (Å²) in [4.78, 5) is 21.9. The summed E-state index contributed by atoms with van der Waals surface area (Å²) in [5.41, 5.74) is 0.549. The lowest BCUT2D eigenvalue weighted by Crippen LogP contribution is -2.16. The number of aryl methyl sites for hydroxylation is 2. The third kappa shape index (κ3) is 4.48. The van der Waals surface area contributed by atoms with Gasteiger partial charge in [-0.25, -0.2) is 0 Å². The first-order valence-electron chi connectivity index (χ1n) is 6.88. The van der Waals surface area contributed by atoms with E-state index in [4.69, 9.17) is 0 Å². The monoisotopic (exact) mass is 340 g/mol. The van der Waals surface area contributed by atoms with Gasteiger partial charge in [0.15, 0.2) is 0 Å². The average molecular weight is 340 g/mol. The van der Waals surface area contributed by atoms with Crippen LogP contribution < -0.4 is 10.1 Å². The molecule has 0 aliphatic carbocycles. The number of nitro groups is 1. The normalized spacial score (nSPS) is 10.7. The molecule has 24 heavy (non-hydrogen) atoms. The van der Waals surface area contributed by atoms with E-state index in [-0.39, 0.29) is 30.1 Å². The van der Waals surface area contributed by atoms with Crippen LogP contribution in [0.5, 0.6) is 5.75 Å². The molecule has 8 nitrogen and oxygen atoms in total. The Hall–Kier alpha value is -3.04. The Kier molecular flexibility index (Phi) is 5.40. The summed E-state index contributed by atoms with van der Waals surface area (Å²) in [6, 6.07) is 4.50. The number of para-hydroxylation sites is 1. The summed E-state index contributed by atoms with van der Waals surface area (Å²) < 4.78 is 30.4. The van der Waals surface area contributed by atoms with Gasteiger partial charge in [-0.1, -0.05) is 12.1 Å². The Balaban J connectivity index is 2.00. The van der Waals surface area contributed by atoms with Gasteiger partial charge in [0, 0.05) is 13.0 Å². The highest BCUT2D eigenvalue weighted by Crippen LogP contribution is 2.29. The van der Waals surface area contributed by atoms with Gasteiger partial charge in [-0.05, 0) is 18.6 Å². The molecule has 0 bridgehead atoms. The maximum Gasteiger partial charge on any atom is 0.387 e. The standard InChI is InChI=1S/C14H14F2N4O4/c1-9-3-2-4-11(24-14(15)16)13(9)18-12(21)5-6-19-8-10(7-17-19)20(22)23/h2-4,7-8,14H,5-6H2,1H3,(H,18,21). The number of amides is 1. The van der Waals surface area contributed by atoms with Crippen LogP contribution in [0.2, 0.25) is 0 Å².